The molecule has 0 N–H and O–H groups in total. The third-order valence-corrected chi connectivity index (χ3v) is 8.26. The molecular formula is C22H31N5O4S. The molecule has 0 radical (unpaired) electrons. The number of imide groups is 1. The summed E-state index contributed by atoms with van der Waals surface area (Å²) in [6, 6.07) is 9.25. The molecule has 4 rings (SSSR count). The number of carbonyl (C=O) groups is 2. The Morgan fingerprint density at radius 3 is 2.09 bits per heavy atom. The second-order valence-electron chi connectivity index (χ2n) is 8.44. The van der Waals surface area contributed by atoms with Crippen LogP contribution in [0.25, 0.3) is 6.08 Å². The first-order valence-corrected chi connectivity index (χ1v) is 12.7. The van der Waals surface area contributed by atoms with Gasteiger partial charge in [0.05, 0.1) is 6.67 Å². The van der Waals surface area contributed by atoms with Gasteiger partial charge in [-0.25, -0.2) is 9.69 Å². The standard InChI is InChI=1S/C22H31N5O4S/c28-21-18-24(13-10-20-8-4-3-5-9-20)22(29)27(21)19-23-14-16-26(17-15-23)32(30,31)25-11-6-1-2-7-12-25/h3-5,8-10,13H,1-2,6-7,11-12,14-19H2. The molecule has 9 nitrogen and oxygen atoms in total. The van der Waals surface area contributed by atoms with Crippen LogP contribution in [-0.2, 0) is 15.0 Å². The van der Waals surface area contributed by atoms with E-state index in [-0.39, 0.29) is 25.2 Å². The fraction of sp³-hybridized carbons (Fsp3) is 0.545. The number of rotatable bonds is 6. The van der Waals surface area contributed by atoms with E-state index in [0.717, 1.165) is 31.2 Å². The molecule has 0 spiro atoms. The van der Waals surface area contributed by atoms with Crippen molar-refractivity contribution in [2.75, 3.05) is 52.5 Å². The van der Waals surface area contributed by atoms with Gasteiger partial charge in [0.1, 0.15) is 6.54 Å². The van der Waals surface area contributed by atoms with E-state index in [1.54, 1.807) is 16.6 Å². The maximum absolute atomic E-state index is 13.0. The number of carbonyl (C=O) groups excluding carboxylic acids is 2. The molecule has 1 aromatic rings. The number of hydrogen-bond acceptors (Lipinski definition) is 5. The average Bonchev–Trinajstić information content (AvgIpc) is 2.99. The fourth-order valence-electron chi connectivity index (χ4n) is 4.29. The van der Waals surface area contributed by atoms with Crippen LogP contribution in [0.4, 0.5) is 4.79 Å². The Balaban J connectivity index is 1.30. The number of benzene rings is 1. The largest absolute Gasteiger partial charge is 0.332 e. The SMILES string of the molecule is O=C1CN(C=Cc2ccccc2)C(=O)N1CN1CCN(S(=O)(=O)N2CCCCCC2)CC1. The fourth-order valence-corrected chi connectivity index (χ4v) is 5.96. The predicted molar refractivity (Wildman–Crippen MR) is 121 cm³/mol. The zero-order chi connectivity index (χ0) is 22.6. The molecule has 10 heteroatoms. The van der Waals surface area contributed by atoms with E-state index < -0.39 is 10.2 Å². The maximum atomic E-state index is 13.0. The first-order valence-electron chi connectivity index (χ1n) is 11.3. The summed E-state index contributed by atoms with van der Waals surface area (Å²) in [7, 11) is -3.45. The molecule has 0 aromatic heterocycles. The topological polar surface area (TPSA) is 84.5 Å². The summed E-state index contributed by atoms with van der Waals surface area (Å²) in [5.41, 5.74) is 0.952. The second kappa shape index (κ2) is 10.1. The molecule has 0 saturated carbocycles. The third-order valence-electron chi connectivity index (χ3n) is 6.22. The van der Waals surface area contributed by atoms with Crippen LogP contribution in [-0.4, -0.2) is 96.1 Å². The van der Waals surface area contributed by atoms with E-state index in [1.807, 2.05) is 35.2 Å². The first kappa shape index (κ1) is 22.9. The highest BCUT2D eigenvalue weighted by molar-refractivity contribution is 7.86. The Morgan fingerprint density at radius 2 is 1.44 bits per heavy atom. The van der Waals surface area contributed by atoms with Gasteiger partial charge in [-0.1, -0.05) is 43.2 Å². The summed E-state index contributed by atoms with van der Waals surface area (Å²) in [6.07, 6.45) is 7.42. The van der Waals surface area contributed by atoms with Crippen molar-refractivity contribution in [2.45, 2.75) is 25.7 Å². The van der Waals surface area contributed by atoms with Gasteiger partial charge in [0.15, 0.2) is 0 Å². The number of piperazine rings is 1. The van der Waals surface area contributed by atoms with Crippen LogP contribution in [0, 0.1) is 0 Å². The van der Waals surface area contributed by atoms with Crippen molar-refractivity contribution < 1.29 is 18.0 Å². The van der Waals surface area contributed by atoms with Crippen LogP contribution >= 0.6 is 0 Å². The number of nitrogens with zero attached hydrogens (tertiary/aromatic N) is 5. The molecule has 3 amide bonds. The van der Waals surface area contributed by atoms with Gasteiger partial charge in [0.25, 0.3) is 16.1 Å². The molecule has 3 aliphatic heterocycles. The molecule has 0 bridgehead atoms. The minimum absolute atomic E-state index is 0.0193. The molecule has 0 aliphatic carbocycles. The number of amides is 3. The Bertz CT molecular complexity index is 936. The number of urea groups is 1. The average molecular weight is 462 g/mol. The normalized spacial score (nSPS) is 22.8. The van der Waals surface area contributed by atoms with Crippen molar-refractivity contribution in [1.29, 1.82) is 0 Å². The lowest BCUT2D eigenvalue weighted by atomic mass is 10.2. The van der Waals surface area contributed by atoms with Crippen molar-refractivity contribution in [3.05, 3.63) is 42.1 Å². The van der Waals surface area contributed by atoms with Gasteiger partial charge in [-0.2, -0.15) is 17.0 Å². The predicted octanol–water partition coefficient (Wildman–Crippen LogP) is 1.62. The van der Waals surface area contributed by atoms with Gasteiger partial charge >= 0.3 is 6.03 Å². The molecule has 0 atom stereocenters. The van der Waals surface area contributed by atoms with Crippen molar-refractivity contribution in [2.24, 2.45) is 0 Å². The Morgan fingerprint density at radius 1 is 0.812 bits per heavy atom. The molecule has 32 heavy (non-hydrogen) atoms. The lowest BCUT2D eigenvalue weighted by Gasteiger charge is -2.37. The highest BCUT2D eigenvalue weighted by Gasteiger charge is 2.38. The summed E-state index contributed by atoms with van der Waals surface area (Å²) in [6.45, 7) is 3.10. The van der Waals surface area contributed by atoms with Crippen LogP contribution in [0.2, 0.25) is 0 Å². The maximum Gasteiger partial charge on any atom is 0.332 e. The summed E-state index contributed by atoms with van der Waals surface area (Å²) in [5.74, 6) is -0.243. The van der Waals surface area contributed by atoms with E-state index in [0.29, 0.717) is 39.3 Å². The number of hydrogen-bond donors (Lipinski definition) is 0. The molecule has 3 saturated heterocycles. The first-order chi connectivity index (χ1) is 15.4. The van der Waals surface area contributed by atoms with E-state index in [2.05, 4.69) is 0 Å². The smallest absolute Gasteiger partial charge is 0.291 e. The summed E-state index contributed by atoms with van der Waals surface area (Å²) < 4.78 is 29.1. The van der Waals surface area contributed by atoms with Crippen LogP contribution in [0.3, 0.4) is 0 Å². The summed E-state index contributed by atoms with van der Waals surface area (Å²) in [5, 5.41) is 0. The van der Waals surface area contributed by atoms with Gasteiger partial charge in [0.2, 0.25) is 0 Å². The van der Waals surface area contributed by atoms with Gasteiger partial charge in [-0.05, 0) is 24.5 Å². The zero-order valence-electron chi connectivity index (χ0n) is 18.3. The monoisotopic (exact) mass is 461 g/mol. The molecule has 0 unspecified atom stereocenters. The Labute approximate surface area is 190 Å². The van der Waals surface area contributed by atoms with E-state index in [9.17, 15) is 18.0 Å². The van der Waals surface area contributed by atoms with Gasteiger partial charge < -0.3 is 0 Å². The minimum Gasteiger partial charge on any atom is -0.291 e. The quantitative estimate of drug-likeness (QED) is 0.601. The summed E-state index contributed by atoms with van der Waals surface area (Å²) in [4.78, 5) is 29.8. The van der Waals surface area contributed by atoms with Crippen LogP contribution in [0.5, 0.6) is 0 Å². The molecule has 1 aromatic carbocycles. The van der Waals surface area contributed by atoms with E-state index >= 15 is 0 Å². The molecule has 3 aliphatic rings. The van der Waals surface area contributed by atoms with Gasteiger partial charge in [-0.3, -0.25) is 14.6 Å². The van der Waals surface area contributed by atoms with Crippen LogP contribution in [0.1, 0.15) is 31.2 Å². The van der Waals surface area contributed by atoms with Crippen molar-refractivity contribution in [3.8, 4) is 0 Å². The third kappa shape index (κ3) is 5.20. The van der Waals surface area contributed by atoms with E-state index in [1.165, 1.54) is 14.1 Å². The highest BCUT2D eigenvalue weighted by atomic mass is 32.2. The minimum atomic E-state index is -3.45. The lowest BCUT2D eigenvalue weighted by Crippen LogP contribution is -2.55. The van der Waals surface area contributed by atoms with Crippen molar-refractivity contribution in [1.82, 2.24) is 23.3 Å². The van der Waals surface area contributed by atoms with Crippen LogP contribution in [0.15, 0.2) is 36.5 Å². The second-order valence-corrected chi connectivity index (χ2v) is 10.4. The molecule has 3 fully saturated rings. The van der Waals surface area contributed by atoms with Crippen molar-refractivity contribution >= 4 is 28.2 Å². The van der Waals surface area contributed by atoms with Gasteiger partial charge in [-0.15, -0.1) is 0 Å². The molecule has 174 valence electrons. The Kier molecular flexibility index (Phi) is 7.24. The Hall–Kier alpha value is -2.27. The molecule has 3 heterocycles. The zero-order valence-corrected chi connectivity index (χ0v) is 19.1. The molecular weight excluding hydrogens is 430 g/mol. The van der Waals surface area contributed by atoms with Gasteiger partial charge in [0, 0.05) is 45.5 Å². The highest BCUT2D eigenvalue weighted by Crippen LogP contribution is 2.19. The van der Waals surface area contributed by atoms with E-state index in [4.69, 9.17) is 0 Å². The van der Waals surface area contributed by atoms with Crippen LogP contribution < -0.4 is 0 Å². The lowest BCUT2D eigenvalue weighted by molar-refractivity contribution is -0.126. The van der Waals surface area contributed by atoms with Crippen molar-refractivity contribution in [3.63, 3.8) is 0 Å². The summed E-state index contributed by atoms with van der Waals surface area (Å²) >= 11 is 0.